The third-order valence-electron chi connectivity index (χ3n) is 3.83. The summed E-state index contributed by atoms with van der Waals surface area (Å²) in [4.78, 5) is 16.8. The number of anilines is 1. The van der Waals surface area contributed by atoms with Gasteiger partial charge >= 0.3 is 0 Å². The van der Waals surface area contributed by atoms with Crippen LogP contribution < -0.4 is 5.32 Å². The van der Waals surface area contributed by atoms with Crippen LogP contribution in [0.25, 0.3) is 21.0 Å². The lowest BCUT2D eigenvalue weighted by Crippen LogP contribution is -2.14. The number of benzene rings is 3. The molecule has 0 saturated carbocycles. The highest BCUT2D eigenvalue weighted by molar-refractivity contribution is 7.22. The minimum Gasteiger partial charge on any atom is -0.302 e. The zero-order valence-electron chi connectivity index (χ0n) is 12.6. The summed E-state index contributed by atoms with van der Waals surface area (Å²) in [6, 6.07) is 19.6. The summed E-state index contributed by atoms with van der Waals surface area (Å²) in [6.45, 7) is 0. The fourth-order valence-corrected chi connectivity index (χ4v) is 3.89. The zero-order valence-corrected chi connectivity index (χ0v) is 14.2. The van der Waals surface area contributed by atoms with Gasteiger partial charge in [0, 0.05) is 5.02 Å². The molecular formula is C19H13ClN2OS. The van der Waals surface area contributed by atoms with Gasteiger partial charge in [0.15, 0.2) is 5.13 Å². The minimum atomic E-state index is -0.0727. The van der Waals surface area contributed by atoms with Gasteiger partial charge in [-0.05, 0) is 34.5 Å². The van der Waals surface area contributed by atoms with E-state index in [1.54, 1.807) is 6.07 Å². The molecule has 24 heavy (non-hydrogen) atoms. The summed E-state index contributed by atoms with van der Waals surface area (Å²) in [5, 5.41) is 6.39. The van der Waals surface area contributed by atoms with Gasteiger partial charge in [-0.15, -0.1) is 0 Å². The van der Waals surface area contributed by atoms with Crippen LogP contribution >= 0.6 is 22.9 Å². The van der Waals surface area contributed by atoms with Crippen molar-refractivity contribution >= 4 is 55.0 Å². The van der Waals surface area contributed by atoms with Crippen molar-refractivity contribution < 1.29 is 4.79 Å². The SMILES string of the molecule is O=C(Cc1cccc2ccccc12)Nc1nc2ccc(Cl)cc2s1. The van der Waals surface area contributed by atoms with Crippen molar-refractivity contribution in [3.63, 3.8) is 0 Å². The molecule has 0 fully saturated rings. The lowest BCUT2D eigenvalue weighted by molar-refractivity contribution is -0.115. The molecule has 0 bridgehead atoms. The first kappa shape index (κ1) is 15.1. The van der Waals surface area contributed by atoms with Crippen molar-refractivity contribution in [2.75, 3.05) is 5.32 Å². The van der Waals surface area contributed by atoms with E-state index in [9.17, 15) is 4.79 Å². The first-order valence-corrected chi connectivity index (χ1v) is 8.71. The largest absolute Gasteiger partial charge is 0.302 e. The molecule has 3 aromatic carbocycles. The molecule has 1 aromatic heterocycles. The molecule has 0 aliphatic heterocycles. The van der Waals surface area contributed by atoms with E-state index in [0.717, 1.165) is 26.6 Å². The molecule has 0 aliphatic carbocycles. The van der Waals surface area contributed by atoms with Crippen molar-refractivity contribution in [1.29, 1.82) is 0 Å². The van der Waals surface area contributed by atoms with Crippen LogP contribution in [0.2, 0.25) is 5.02 Å². The van der Waals surface area contributed by atoms with Crippen molar-refractivity contribution in [1.82, 2.24) is 4.98 Å². The molecule has 0 aliphatic rings. The second-order valence-corrected chi connectivity index (χ2v) is 6.96. The lowest BCUT2D eigenvalue weighted by atomic mass is 10.0. The average Bonchev–Trinajstić information content (AvgIpc) is 2.96. The molecule has 1 N–H and O–H groups in total. The summed E-state index contributed by atoms with van der Waals surface area (Å²) in [5.74, 6) is -0.0727. The number of hydrogen-bond donors (Lipinski definition) is 1. The van der Waals surface area contributed by atoms with Crippen molar-refractivity contribution in [2.45, 2.75) is 6.42 Å². The fraction of sp³-hybridized carbons (Fsp3) is 0.0526. The number of halogens is 1. The quantitative estimate of drug-likeness (QED) is 0.544. The molecule has 5 heteroatoms. The first-order valence-electron chi connectivity index (χ1n) is 7.52. The molecule has 0 saturated heterocycles. The van der Waals surface area contributed by atoms with Gasteiger partial charge in [0.2, 0.25) is 5.91 Å². The topological polar surface area (TPSA) is 42.0 Å². The Hall–Kier alpha value is -2.43. The third-order valence-corrected chi connectivity index (χ3v) is 5.00. The maximum absolute atomic E-state index is 12.4. The Morgan fingerprint density at radius 2 is 1.92 bits per heavy atom. The highest BCUT2D eigenvalue weighted by Gasteiger charge is 2.10. The van der Waals surface area contributed by atoms with Gasteiger partial charge in [-0.25, -0.2) is 4.98 Å². The van der Waals surface area contributed by atoms with Crippen LogP contribution in [0.5, 0.6) is 0 Å². The first-order chi connectivity index (χ1) is 11.7. The Balaban J connectivity index is 1.57. The van der Waals surface area contributed by atoms with Crippen molar-refractivity contribution in [2.24, 2.45) is 0 Å². The van der Waals surface area contributed by atoms with Gasteiger partial charge in [0.25, 0.3) is 0 Å². The molecule has 118 valence electrons. The standard InChI is InChI=1S/C19H13ClN2OS/c20-14-8-9-16-17(11-14)24-19(21-16)22-18(23)10-13-6-3-5-12-4-1-2-7-15(12)13/h1-9,11H,10H2,(H,21,22,23). The van der Waals surface area contributed by atoms with Crippen molar-refractivity contribution in [3.05, 3.63) is 71.2 Å². The Morgan fingerprint density at radius 1 is 1.08 bits per heavy atom. The van der Waals surface area contributed by atoms with E-state index in [0.29, 0.717) is 16.6 Å². The van der Waals surface area contributed by atoms with E-state index < -0.39 is 0 Å². The normalized spacial score (nSPS) is 11.0. The van der Waals surface area contributed by atoms with Crippen LogP contribution in [-0.2, 0) is 11.2 Å². The van der Waals surface area contributed by atoms with E-state index in [-0.39, 0.29) is 5.91 Å². The molecule has 3 nitrogen and oxygen atoms in total. The van der Waals surface area contributed by atoms with Crippen LogP contribution in [0.15, 0.2) is 60.7 Å². The Labute approximate surface area is 147 Å². The van der Waals surface area contributed by atoms with Gasteiger partial charge in [-0.2, -0.15) is 0 Å². The van der Waals surface area contributed by atoms with Crippen LogP contribution in [0.1, 0.15) is 5.56 Å². The lowest BCUT2D eigenvalue weighted by Gasteiger charge is -2.06. The molecule has 4 rings (SSSR count). The smallest absolute Gasteiger partial charge is 0.230 e. The molecule has 1 amide bonds. The highest BCUT2D eigenvalue weighted by atomic mass is 35.5. The predicted octanol–water partition coefficient (Wildman–Crippen LogP) is 5.28. The molecule has 0 spiro atoms. The van der Waals surface area contributed by atoms with E-state index >= 15 is 0 Å². The number of rotatable bonds is 3. The number of carbonyl (C=O) groups is 1. The number of fused-ring (bicyclic) bond motifs is 2. The van der Waals surface area contributed by atoms with Gasteiger partial charge in [-0.1, -0.05) is 65.4 Å². The Morgan fingerprint density at radius 3 is 2.83 bits per heavy atom. The number of nitrogens with zero attached hydrogens (tertiary/aromatic N) is 1. The molecule has 1 heterocycles. The van der Waals surface area contributed by atoms with Crippen LogP contribution in [0.4, 0.5) is 5.13 Å². The second-order valence-electron chi connectivity index (χ2n) is 5.49. The zero-order chi connectivity index (χ0) is 16.5. The third kappa shape index (κ3) is 2.98. The fourth-order valence-electron chi connectivity index (χ4n) is 2.73. The second kappa shape index (κ2) is 6.23. The Bertz CT molecular complexity index is 1050. The Kier molecular flexibility index (Phi) is 3.92. The average molecular weight is 353 g/mol. The summed E-state index contributed by atoms with van der Waals surface area (Å²) in [5.41, 5.74) is 1.85. The van der Waals surface area contributed by atoms with Crippen molar-refractivity contribution in [3.8, 4) is 0 Å². The van der Waals surface area contributed by atoms with Gasteiger partial charge in [-0.3, -0.25) is 4.79 Å². The number of carbonyl (C=O) groups excluding carboxylic acids is 1. The van der Waals surface area contributed by atoms with E-state index in [1.807, 2.05) is 54.6 Å². The summed E-state index contributed by atoms with van der Waals surface area (Å²) in [7, 11) is 0. The van der Waals surface area contributed by atoms with Crippen LogP contribution in [-0.4, -0.2) is 10.9 Å². The maximum atomic E-state index is 12.4. The molecule has 0 atom stereocenters. The van der Waals surface area contributed by atoms with E-state index in [2.05, 4.69) is 10.3 Å². The van der Waals surface area contributed by atoms with Crippen LogP contribution in [0.3, 0.4) is 0 Å². The number of nitrogens with one attached hydrogen (secondary N) is 1. The predicted molar refractivity (Wildman–Crippen MR) is 101 cm³/mol. The molecule has 0 radical (unpaired) electrons. The number of thiazole rings is 1. The minimum absolute atomic E-state index is 0.0727. The van der Waals surface area contributed by atoms with E-state index in [4.69, 9.17) is 11.6 Å². The summed E-state index contributed by atoms with van der Waals surface area (Å²) < 4.78 is 0.961. The van der Waals surface area contributed by atoms with Gasteiger partial charge < -0.3 is 5.32 Å². The summed E-state index contributed by atoms with van der Waals surface area (Å²) >= 11 is 7.41. The number of aromatic nitrogens is 1. The number of hydrogen-bond acceptors (Lipinski definition) is 3. The molecule has 4 aromatic rings. The van der Waals surface area contributed by atoms with E-state index in [1.165, 1.54) is 11.3 Å². The van der Waals surface area contributed by atoms with Crippen LogP contribution in [0, 0.1) is 0 Å². The van der Waals surface area contributed by atoms with Gasteiger partial charge in [0.05, 0.1) is 16.6 Å². The molecule has 0 unspecified atom stereocenters. The maximum Gasteiger partial charge on any atom is 0.230 e. The monoisotopic (exact) mass is 352 g/mol. The molecular weight excluding hydrogens is 340 g/mol. The van der Waals surface area contributed by atoms with Gasteiger partial charge in [0.1, 0.15) is 0 Å². The highest BCUT2D eigenvalue weighted by Crippen LogP contribution is 2.28. The summed E-state index contributed by atoms with van der Waals surface area (Å²) in [6.07, 6.45) is 0.317. The number of amides is 1.